The number of rotatable bonds is 3. The summed E-state index contributed by atoms with van der Waals surface area (Å²) in [6, 6.07) is 18.9. The summed E-state index contributed by atoms with van der Waals surface area (Å²) in [7, 11) is 0. The Morgan fingerprint density at radius 2 is 1.93 bits per heavy atom. The Bertz CT molecular complexity index is 1090. The first-order valence-electron chi connectivity index (χ1n) is 9.17. The summed E-state index contributed by atoms with van der Waals surface area (Å²) >= 11 is 0. The summed E-state index contributed by atoms with van der Waals surface area (Å²) in [4.78, 5) is 23.7. The van der Waals surface area contributed by atoms with Gasteiger partial charge in [-0.15, -0.1) is 0 Å². The number of anilines is 3. The number of aryl methyl sites for hydroxylation is 2. The van der Waals surface area contributed by atoms with Crippen molar-refractivity contribution in [3.05, 3.63) is 77.2 Å². The maximum absolute atomic E-state index is 13.2. The van der Waals surface area contributed by atoms with Gasteiger partial charge in [-0.25, -0.2) is 9.97 Å². The van der Waals surface area contributed by atoms with Gasteiger partial charge in [-0.3, -0.25) is 4.79 Å². The highest BCUT2D eigenvalue weighted by molar-refractivity contribution is 6.05. The van der Waals surface area contributed by atoms with Crippen LogP contribution in [-0.4, -0.2) is 22.4 Å². The van der Waals surface area contributed by atoms with Crippen molar-refractivity contribution in [2.75, 3.05) is 16.8 Å². The van der Waals surface area contributed by atoms with Crippen LogP contribution >= 0.6 is 0 Å². The number of nitrogens with zero attached hydrogens (tertiary/aromatic N) is 4. The SMILES string of the molecule is Cc1nc(Nc2ccccc2C#N)cc(C(=O)N2CCCc3ccccc32)n1. The van der Waals surface area contributed by atoms with Crippen molar-refractivity contribution in [1.82, 2.24) is 9.97 Å². The third kappa shape index (κ3) is 3.42. The normalized spacial score (nSPS) is 12.8. The molecule has 0 unspecified atom stereocenters. The molecule has 0 fully saturated rings. The summed E-state index contributed by atoms with van der Waals surface area (Å²) in [5.41, 5.74) is 3.61. The monoisotopic (exact) mass is 369 g/mol. The summed E-state index contributed by atoms with van der Waals surface area (Å²) in [6.45, 7) is 2.42. The lowest BCUT2D eigenvalue weighted by Crippen LogP contribution is -2.36. The molecule has 1 aliphatic heterocycles. The summed E-state index contributed by atoms with van der Waals surface area (Å²) in [5, 5.41) is 12.4. The molecule has 0 saturated carbocycles. The molecule has 0 spiro atoms. The fourth-order valence-corrected chi connectivity index (χ4v) is 3.45. The molecule has 6 heteroatoms. The number of nitrogens with one attached hydrogen (secondary N) is 1. The zero-order chi connectivity index (χ0) is 19.5. The zero-order valence-electron chi connectivity index (χ0n) is 15.5. The summed E-state index contributed by atoms with van der Waals surface area (Å²) in [6.07, 6.45) is 1.90. The van der Waals surface area contributed by atoms with E-state index in [-0.39, 0.29) is 5.91 Å². The number of hydrogen-bond acceptors (Lipinski definition) is 5. The van der Waals surface area contributed by atoms with E-state index in [1.165, 1.54) is 5.56 Å². The molecule has 0 atom stereocenters. The van der Waals surface area contributed by atoms with E-state index in [4.69, 9.17) is 0 Å². The minimum Gasteiger partial charge on any atom is -0.339 e. The first kappa shape index (κ1) is 17.7. The van der Waals surface area contributed by atoms with Gasteiger partial charge in [-0.05, 0) is 43.5 Å². The van der Waals surface area contributed by atoms with Crippen LogP contribution in [0.2, 0.25) is 0 Å². The van der Waals surface area contributed by atoms with Crippen LogP contribution in [0.3, 0.4) is 0 Å². The van der Waals surface area contributed by atoms with Gasteiger partial charge in [-0.1, -0.05) is 30.3 Å². The molecular weight excluding hydrogens is 350 g/mol. The highest BCUT2D eigenvalue weighted by atomic mass is 16.2. The van der Waals surface area contributed by atoms with Crippen molar-refractivity contribution < 1.29 is 4.79 Å². The number of carbonyl (C=O) groups is 1. The number of nitriles is 1. The number of amides is 1. The van der Waals surface area contributed by atoms with Crippen LogP contribution in [-0.2, 0) is 6.42 Å². The van der Waals surface area contributed by atoms with Gasteiger partial charge in [0, 0.05) is 18.3 Å². The lowest BCUT2D eigenvalue weighted by Gasteiger charge is -2.29. The number of para-hydroxylation sites is 2. The van der Waals surface area contributed by atoms with Crippen LogP contribution in [0.5, 0.6) is 0 Å². The first-order chi connectivity index (χ1) is 13.7. The maximum Gasteiger partial charge on any atom is 0.277 e. The fraction of sp³-hybridized carbons (Fsp3) is 0.182. The standard InChI is InChI=1S/C22H19N5O/c1-15-24-19(13-21(25-15)26-18-10-4-2-8-17(18)14-23)22(28)27-12-6-9-16-7-3-5-11-20(16)27/h2-5,7-8,10-11,13H,6,9,12H2,1H3,(H,24,25,26). The molecule has 28 heavy (non-hydrogen) atoms. The van der Waals surface area contributed by atoms with Gasteiger partial charge in [0.25, 0.3) is 5.91 Å². The second-order valence-electron chi connectivity index (χ2n) is 6.66. The molecule has 2 aromatic carbocycles. The molecule has 1 aromatic heterocycles. The molecule has 0 radical (unpaired) electrons. The van der Waals surface area contributed by atoms with E-state index in [2.05, 4.69) is 27.4 Å². The maximum atomic E-state index is 13.2. The van der Waals surface area contributed by atoms with Gasteiger partial charge in [0.15, 0.2) is 0 Å². The summed E-state index contributed by atoms with van der Waals surface area (Å²) in [5.74, 6) is 0.839. The topological polar surface area (TPSA) is 81.9 Å². The molecule has 2 heterocycles. The molecule has 3 aromatic rings. The average Bonchev–Trinajstić information content (AvgIpc) is 2.73. The Morgan fingerprint density at radius 3 is 2.79 bits per heavy atom. The molecule has 138 valence electrons. The fourth-order valence-electron chi connectivity index (χ4n) is 3.45. The second kappa shape index (κ2) is 7.49. The van der Waals surface area contributed by atoms with Gasteiger partial charge >= 0.3 is 0 Å². The van der Waals surface area contributed by atoms with Crippen molar-refractivity contribution in [3.63, 3.8) is 0 Å². The van der Waals surface area contributed by atoms with Gasteiger partial charge in [0.2, 0.25) is 0 Å². The Labute approximate surface area is 163 Å². The van der Waals surface area contributed by atoms with Crippen LogP contribution in [0.1, 0.15) is 33.9 Å². The van der Waals surface area contributed by atoms with Gasteiger partial charge in [-0.2, -0.15) is 5.26 Å². The van der Waals surface area contributed by atoms with Crippen LogP contribution in [0.15, 0.2) is 54.6 Å². The van der Waals surface area contributed by atoms with Gasteiger partial charge in [0.1, 0.15) is 23.4 Å². The lowest BCUT2D eigenvalue weighted by molar-refractivity contribution is 0.0980. The predicted octanol–water partition coefficient (Wildman–Crippen LogP) is 3.99. The predicted molar refractivity (Wildman–Crippen MR) is 108 cm³/mol. The minimum atomic E-state index is -0.144. The third-order valence-electron chi connectivity index (χ3n) is 4.72. The number of hydrogen-bond donors (Lipinski definition) is 1. The van der Waals surface area contributed by atoms with Crippen LogP contribution in [0.4, 0.5) is 17.2 Å². The van der Waals surface area contributed by atoms with E-state index in [0.29, 0.717) is 35.1 Å². The van der Waals surface area contributed by atoms with Gasteiger partial charge < -0.3 is 10.2 Å². The number of carbonyl (C=O) groups excluding carboxylic acids is 1. The molecule has 1 amide bonds. The zero-order valence-corrected chi connectivity index (χ0v) is 15.5. The Balaban J connectivity index is 1.66. The highest BCUT2D eigenvalue weighted by Gasteiger charge is 2.25. The second-order valence-corrected chi connectivity index (χ2v) is 6.66. The van der Waals surface area contributed by atoms with Gasteiger partial charge in [0.05, 0.1) is 11.3 Å². The Morgan fingerprint density at radius 1 is 1.14 bits per heavy atom. The Hall–Kier alpha value is -3.72. The quantitative estimate of drug-likeness (QED) is 0.755. The molecule has 6 nitrogen and oxygen atoms in total. The molecule has 0 bridgehead atoms. The van der Waals surface area contributed by atoms with Crippen LogP contribution in [0.25, 0.3) is 0 Å². The van der Waals surface area contributed by atoms with Crippen molar-refractivity contribution in [2.24, 2.45) is 0 Å². The van der Waals surface area contributed by atoms with E-state index in [9.17, 15) is 10.1 Å². The van der Waals surface area contributed by atoms with Crippen LogP contribution < -0.4 is 10.2 Å². The molecule has 1 aliphatic rings. The van der Waals surface area contributed by atoms with Crippen molar-refractivity contribution in [3.8, 4) is 6.07 Å². The number of fused-ring (bicyclic) bond motifs is 1. The lowest BCUT2D eigenvalue weighted by atomic mass is 10.0. The molecule has 0 aliphatic carbocycles. The highest BCUT2D eigenvalue weighted by Crippen LogP contribution is 2.28. The summed E-state index contributed by atoms with van der Waals surface area (Å²) < 4.78 is 0. The molecule has 0 saturated heterocycles. The third-order valence-corrected chi connectivity index (χ3v) is 4.72. The number of aromatic nitrogens is 2. The first-order valence-corrected chi connectivity index (χ1v) is 9.17. The van der Waals surface area contributed by atoms with E-state index in [0.717, 1.165) is 18.5 Å². The van der Waals surface area contributed by atoms with Crippen LogP contribution in [0, 0.1) is 18.3 Å². The molecule has 4 rings (SSSR count). The van der Waals surface area contributed by atoms with E-state index >= 15 is 0 Å². The minimum absolute atomic E-state index is 0.144. The van der Waals surface area contributed by atoms with E-state index in [1.54, 1.807) is 36.1 Å². The van der Waals surface area contributed by atoms with Crippen molar-refractivity contribution >= 4 is 23.1 Å². The van der Waals surface area contributed by atoms with E-state index < -0.39 is 0 Å². The number of benzene rings is 2. The molecular formula is C22H19N5O. The smallest absolute Gasteiger partial charge is 0.277 e. The average molecular weight is 369 g/mol. The van der Waals surface area contributed by atoms with E-state index in [1.807, 2.05) is 24.3 Å². The Kier molecular flexibility index (Phi) is 4.73. The van der Waals surface area contributed by atoms with Crippen molar-refractivity contribution in [2.45, 2.75) is 19.8 Å². The largest absolute Gasteiger partial charge is 0.339 e. The van der Waals surface area contributed by atoms with Crippen molar-refractivity contribution in [1.29, 1.82) is 5.26 Å². The molecule has 1 N–H and O–H groups in total.